The lowest BCUT2D eigenvalue weighted by Gasteiger charge is -2.21. The van der Waals surface area contributed by atoms with E-state index in [4.69, 9.17) is 0 Å². The summed E-state index contributed by atoms with van der Waals surface area (Å²) in [5.41, 5.74) is 3.29. The predicted octanol–water partition coefficient (Wildman–Crippen LogP) is 2.79. The van der Waals surface area contributed by atoms with Crippen LogP contribution in [-0.4, -0.2) is 35.7 Å². The van der Waals surface area contributed by atoms with E-state index in [9.17, 15) is 9.90 Å². The molecule has 1 fully saturated rings. The van der Waals surface area contributed by atoms with Crippen molar-refractivity contribution in [3.63, 3.8) is 0 Å². The van der Waals surface area contributed by atoms with Crippen molar-refractivity contribution >= 4 is 11.7 Å². The Morgan fingerprint density at radius 2 is 2.20 bits per heavy atom. The Morgan fingerprint density at radius 3 is 2.80 bits per heavy atom. The average molecular weight is 276 g/mol. The van der Waals surface area contributed by atoms with Crippen molar-refractivity contribution in [1.29, 1.82) is 0 Å². The van der Waals surface area contributed by atoms with Crippen LogP contribution in [0.1, 0.15) is 30.9 Å². The normalized spacial score (nSPS) is 15.8. The molecule has 1 aliphatic carbocycles. The molecule has 4 heteroatoms. The molecular weight excluding hydrogens is 252 g/mol. The second-order valence-electron chi connectivity index (χ2n) is 5.71. The van der Waals surface area contributed by atoms with E-state index < -0.39 is 6.10 Å². The maximum Gasteiger partial charge on any atom is 0.321 e. The number of carbonyl (C=O) groups is 1. The molecule has 0 saturated heterocycles. The summed E-state index contributed by atoms with van der Waals surface area (Å²) in [6.45, 7) is 4.57. The third kappa shape index (κ3) is 3.73. The minimum Gasteiger partial charge on any atom is -0.391 e. The van der Waals surface area contributed by atoms with E-state index >= 15 is 0 Å². The summed E-state index contributed by atoms with van der Waals surface area (Å²) < 4.78 is 0. The van der Waals surface area contributed by atoms with Crippen molar-refractivity contribution in [3.05, 3.63) is 29.3 Å². The Kier molecular flexibility index (Phi) is 4.65. The number of nitrogens with one attached hydrogen (secondary N) is 1. The van der Waals surface area contributed by atoms with Crippen LogP contribution >= 0.6 is 0 Å². The van der Waals surface area contributed by atoms with Crippen LogP contribution in [0.2, 0.25) is 0 Å². The molecule has 0 aliphatic heterocycles. The monoisotopic (exact) mass is 276 g/mol. The molecule has 1 aromatic rings. The second kappa shape index (κ2) is 6.27. The molecular formula is C16H24N2O2. The molecule has 4 nitrogen and oxygen atoms in total. The Labute approximate surface area is 120 Å². The van der Waals surface area contributed by atoms with Gasteiger partial charge >= 0.3 is 6.03 Å². The van der Waals surface area contributed by atoms with E-state index in [-0.39, 0.29) is 6.03 Å². The largest absolute Gasteiger partial charge is 0.391 e. The molecule has 1 saturated carbocycles. The Hall–Kier alpha value is -1.55. The van der Waals surface area contributed by atoms with Gasteiger partial charge in [0.2, 0.25) is 0 Å². The summed E-state index contributed by atoms with van der Waals surface area (Å²) in [5, 5.41) is 12.8. The van der Waals surface area contributed by atoms with Crippen LogP contribution in [0.3, 0.4) is 0 Å². The SMILES string of the molecule is CCc1cc(NC(=O)N(C)CC(O)C2CC2)ccc1C. The molecule has 0 aromatic heterocycles. The summed E-state index contributed by atoms with van der Waals surface area (Å²) in [5.74, 6) is 0.385. The number of amides is 2. The number of aliphatic hydroxyl groups is 1. The van der Waals surface area contributed by atoms with Crippen LogP contribution in [0.15, 0.2) is 18.2 Å². The van der Waals surface area contributed by atoms with Crippen LogP contribution in [-0.2, 0) is 6.42 Å². The van der Waals surface area contributed by atoms with Crippen molar-refractivity contribution in [1.82, 2.24) is 4.90 Å². The van der Waals surface area contributed by atoms with Crippen LogP contribution in [0.4, 0.5) is 10.5 Å². The fourth-order valence-corrected chi connectivity index (χ4v) is 2.34. The van der Waals surface area contributed by atoms with Gasteiger partial charge in [-0.25, -0.2) is 4.79 Å². The first-order chi connectivity index (χ1) is 9.51. The Bertz CT molecular complexity index is 483. The summed E-state index contributed by atoms with van der Waals surface area (Å²) >= 11 is 0. The zero-order chi connectivity index (χ0) is 14.7. The second-order valence-corrected chi connectivity index (χ2v) is 5.71. The number of rotatable bonds is 5. The number of likely N-dealkylation sites (N-methyl/N-ethyl adjacent to an activating group) is 1. The molecule has 1 atom stereocenters. The summed E-state index contributed by atoms with van der Waals surface area (Å²) in [7, 11) is 1.72. The number of benzene rings is 1. The molecule has 2 amide bonds. The molecule has 20 heavy (non-hydrogen) atoms. The number of anilines is 1. The van der Waals surface area contributed by atoms with Gasteiger partial charge in [0, 0.05) is 19.3 Å². The van der Waals surface area contributed by atoms with Gasteiger partial charge in [-0.3, -0.25) is 0 Å². The highest BCUT2D eigenvalue weighted by molar-refractivity contribution is 5.89. The van der Waals surface area contributed by atoms with Gasteiger partial charge in [0.1, 0.15) is 0 Å². The number of aryl methyl sites for hydroxylation is 2. The van der Waals surface area contributed by atoms with E-state index in [0.717, 1.165) is 24.9 Å². The minimum atomic E-state index is -0.394. The standard InChI is InChI=1S/C16H24N2O2/c1-4-12-9-14(8-5-11(12)2)17-16(20)18(3)10-15(19)13-6-7-13/h5,8-9,13,15,19H,4,6-7,10H2,1-3H3,(H,17,20). The van der Waals surface area contributed by atoms with Crippen molar-refractivity contribution < 1.29 is 9.90 Å². The van der Waals surface area contributed by atoms with Gasteiger partial charge < -0.3 is 15.3 Å². The molecule has 0 spiro atoms. The van der Waals surface area contributed by atoms with Gasteiger partial charge in [0.15, 0.2) is 0 Å². The van der Waals surface area contributed by atoms with Gasteiger partial charge in [-0.15, -0.1) is 0 Å². The Morgan fingerprint density at radius 1 is 1.50 bits per heavy atom. The molecule has 1 aliphatic rings. The molecule has 1 unspecified atom stereocenters. The molecule has 1 aromatic carbocycles. The molecule has 2 rings (SSSR count). The summed E-state index contributed by atoms with van der Waals surface area (Å²) in [6.07, 6.45) is 2.71. The van der Waals surface area contributed by atoms with Crippen LogP contribution in [0.25, 0.3) is 0 Å². The lowest BCUT2D eigenvalue weighted by atomic mass is 10.1. The number of carbonyl (C=O) groups excluding carboxylic acids is 1. The van der Waals surface area contributed by atoms with Gasteiger partial charge in [-0.1, -0.05) is 13.0 Å². The number of aliphatic hydroxyl groups excluding tert-OH is 1. The van der Waals surface area contributed by atoms with Crippen molar-refractivity contribution in [2.24, 2.45) is 5.92 Å². The number of nitrogens with zero attached hydrogens (tertiary/aromatic N) is 1. The third-order valence-corrected chi connectivity index (χ3v) is 3.96. The van der Waals surface area contributed by atoms with Crippen LogP contribution in [0.5, 0.6) is 0 Å². The topological polar surface area (TPSA) is 52.6 Å². The lowest BCUT2D eigenvalue weighted by molar-refractivity contribution is 0.117. The van der Waals surface area contributed by atoms with E-state index in [1.807, 2.05) is 18.2 Å². The van der Waals surface area contributed by atoms with E-state index in [2.05, 4.69) is 19.2 Å². The molecule has 110 valence electrons. The highest BCUT2D eigenvalue weighted by atomic mass is 16.3. The third-order valence-electron chi connectivity index (χ3n) is 3.96. The number of urea groups is 1. The van der Waals surface area contributed by atoms with Crippen molar-refractivity contribution in [2.45, 2.75) is 39.2 Å². The van der Waals surface area contributed by atoms with E-state index in [1.165, 1.54) is 11.1 Å². The van der Waals surface area contributed by atoms with Crippen molar-refractivity contribution in [2.75, 3.05) is 18.9 Å². The van der Waals surface area contributed by atoms with Gasteiger partial charge in [-0.2, -0.15) is 0 Å². The van der Waals surface area contributed by atoms with Crippen LogP contribution in [0, 0.1) is 12.8 Å². The molecule has 0 bridgehead atoms. The quantitative estimate of drug-likeness (QED) is 0.869. The highest BCUT2D eigenvalue weighted by Gasteiger charge is 2.31. The molecule has 0 radical (unpaired) electrons. The fraction of sp³-hybridized carbons (Fsp3) is 0.562. The highest BCUT2D eigenvalue weighted by Crippen LogP contribution is 2.32. The van der Waals surface area contributed by atoms with Gasteiger partial charge in [-0.05, 0) is 55.4 Å². The molecule has 0 heterocycles. The first kappa shape index (κ1) is 14.9. The lowest BCUT2D eigenvalue weighted by Crippen LogP contribution is -2.38. The maximum atomic E-state index is 12.1. The van der Waals surface area contributed by atoms with E-state index in [1.54, 1.807) is 11.9 Å². The zero-order valence-electron chi connectivity index (χ0n) is 12.5. The first-order valence-corrected chi connectivity index (χ1v) is 7.31. The smallest absolute Gasteiger partial charge is 0.321 e. The van der Waals surface area contributed by atoms with Crippen molar-refractivity contribution in [3.8, 4) is 0 Å². The number of hydrogen-bond acceptors (Lipinski definition) is 2. The van der Waals surface area contributed by atoms with Gasteiger partial charge in [0.25, 0.3) is 0 Å². The average Bonchev–Trinajstić information content (AvgIpc) is 3.25. The predicted molar refractivity (Wildman–Crippen MR) is 80.9 cm³/mol. The Balaban J connectivity index is 1.92. The fourth-order valence-electron chi connectivity index (χ4n) is 2.34. The maximum absolute atomic E-state index is 12.1. The summed E-state index contributed by atoms with van der Waals surface area (Å²) in [6, 6.07) is 5.78. The number of hydrogen-bond donors (Lipinski definition) is 2. The molecule has 2 N–H and O–H groups in total. The minimum absolute atomic E-state index is 0.171. The van der Waals surface area contributed by atoms with Gasteiger partial charge in [0.05, 0.1) is 6.10 Å². The van der Waals surface area contributed by atoms with Crippen LogP contribution < -0.4 is 5.32 Å². The first-order valence-electron chi connectivity index (χ1n) is 7.31. The zero-order valence-corrected chi connectivity index (χ0v) is 12.5. The van der Waals surface area contributed by atoms with E-state index in [0.29, 0.717) is 12.5 Å². The summed E-state index contributed by atoms with van der Waals surface area (Å²) in [4.78, 5) is 13.6.